The highest BCUT2D eigenvalue weighted by Gasteiger charge is 2.09. The maximum Gasteiger partial charge on any atom is 0.328 e. The fourth-order valence-corrected chi connectivity index (χ4v) is 2.25. The molecule has 104 valence electrons. The van der Waals surface area contributed by atoms with Crippen molar-refractivity contribution in [3.63, 3.8) is 0 Å². The van der Waals surface area contributed by atoms with Crippen LogP contribution in [0.3, 0.4) is 0 Å². The third-order valence-electron chi connectivity index (χ3n) is 3.21. The Balaban J connectivity index is 2.43. The Morgan fingerprint density at radius 3 is 2.45 bits per heavy atom. The van der Waals surface area contributed by atoms with E-state index in [1.165, 1.54) is 0 Å². The Labute approximate surface area is 117 Å². The van der Waals surface area contributed by atoms with E-state index in [-0.39, 0.29) is 0 Å². The highest BCUT2D eigenvalue weighted by Crippen LogP contribution is 2.23. The standard InChI is InChI=1S/C16H17NO3/c1-11-10-13(4-9-16(18)19)12(2)17(11)14-5-7-15(20-3)8-6-14/h4-10H,1-3H3,(H,18,19). The van der Waals surface area contributed by atoms with Crippen molar-refractivity contribution in [2.45, 2.75) is 13.8 Å². The van der Waals surface area contributed by atoms with Crippen molar-refractivity contribution in [1.29, 1.82) is 0 Å². The first-order valence-electron chi connectivity index (χ1n) is 6.27. The van der Waals surface area contributed by atoms with Crippen LogP contribution in [0.1, 0.15) is 17.0 Å². The predicted molar refractivity (Wildman–Crippen MR) is 78.5 cm³/mol. The largest absolute Gasteiger partial charge is 0.497 e. The molecule has 0 amide bonds. The van der Waals surface area contributed by atoms with Crippen molar-refractivity contribution in [3.05, 3.63) is 53.4 Å². The van der Waals surface area contributed by atoms with E-state index in [4.69, 9.17) is 9.84 Å². The number of carbonyl (C=O) groups is 1. The summed E-state index contributed by atoms with van der Waals surface area (Å²) in [7, 11) is 1.63. The molecule has 0 aliphatic carbocycles. The first-order chi connectivity index (χ1) is 9.52. The number of aryl methyl sites for hydroxylation is 1. The van der Waals surface area contributed by atoms with Crippen LogP contribution >= 0.6 is 0 Å². The molecule has 4 nitrogen and oxygen atoms in total. The number of carboxylic acids is 1. The van der Waals surface area contributed by atoms with Crippen LogP contribution in [-0.4, -0.2) is 22.8 Å². The molecule has 0 atom stereocenters. The smallest absolute Gasteiger partial charge is 0.328 e. The van der Waals surface area contributed by atoms with Crippen LogP contribution in [0.25, 0.3) is 11.8 Å². The number of ether oxygens (including phenoxy) is 1. The van der Waals surface area contributed by atoms with Crippen LogP contribution in [0.4, 0.5) is 0 Å². The van der Waals surface area contributed by atoms with Crippen molar-refractivity contribution in [2.75, 3.05) is 7.11 Å². The number of hydrogen-bond donors (Lipinski definition) is 1. The van der Waals surface area contributed by atoms with Gasteiger partial charge in [0.2, 0.25) is 0 Å². The van der Waals surface area contributed by atoms with E-state index in [1.807, 2.05) is 44.2 Å². The fourth-order valence-electron chi connectivity index (χ4n) is 2.25. The van der Waals surface area contributed by atoms with Gasteiger partial charge in [0.05, 0.1) is 7.11 Å². The molecule has 0 unspecified atom stereocenters. The minimum Gasteiger partial charge on any atom is -0.497 e. The Hall–Kier alpha value is -2.49. The second-order valence-corrected chi connectivity index (χ2v) is 4.53. The van der Waals surface area contributed by atoms with Gasteiger partial charge >= 0.3 is 5.97 Å². The lowest BCUT2D eigenvalue weighted by atomic mass is 10.2. The Morgan fingerprint density at radius 2 is 1.90 bits per heavy atom. The van der Waals surface area contributed by atoms with Gasteiger partial charge in [0, 0.05) is 23.2 Å². The van der Waals surface area contributed by atoms with Crippen LogP contribution in [0, 0.1) is 13.8 Å². The number of aliphatic carboxylic acids is 1. The molecule has 20 heavy (non-hydrogen) atoms. The number of rotatable bonds is 4. The summed E-state index contributed by atoms with van der Waals surface area (Å²) < 4.78 is 7.23. The second kappa shape index (κ2) is 5.65. The van der Waals surface area contributed by atoms with Gasteiger partial charge in [0.15, 0.2) is 0 Å². The van der Waals surface area contributed by atoms with Gasteiger partial charge in [-0.25, -0.2) is 4.79 Å². The Morgan fingerprint density at radius 1 is 1.25 bits per heavy atom. The molecule has 1 aromatic carbocycles. The van der Waals surface area contributed by atoms with Crippen molar-refractivity contribution in [2.24, 2.45) is 0 Å². The Kier molecular flexibility index (Phi) is 3.94. The average molecular weight is 271 g/mol. The van der Waals surface area contributed by atoms with Crippen LogP contribution in [0.2, 0.25) is 0 Å². The zero-order valence-electron chi connectivity index (χ0n) is 11.8. The van der Waals surface area contributed by atoms with E-state index in [0.29, 0.717) is 0 Å². The molecule has 1 N–H and O–H groups in total. The van der Waals surface area contributed by atoms with Gasteiger partial charge in [-0.15, -0.1) is 0 Å². The predicted octanol–water partition coefficient (Wildman–Crippen LogP) is 3.20. The summed E-state index contributed by atoms with van der Waals surface area (Å²) >= 11 is 0. The normalized spacial score (nSPS) is 10.9. The van der Waals surface area contributed by atoms with Crippen LogP contribution in [-0.2, 0) is 4.79 Å². The summed E-state index contributed by atoms with van der Waals surface area (Å²) in [6.45, 7) is 3.97. The van der Waals surface area contributed by atoms with E-state index in [0.717, 1.165) is 34.5 Å². The average Bonchev–Trinajstić information content (AvgIpc) is 2.71. The van der Waals surface area contributed by atoms with Gasteiger partial charge in [0.1, 0.15) is 5.75 Å². The molecule has 2 rings (SSSR count). The number of hydrogen-bond acceptors (Lipinski definition) is 2. The number of nitrogens with zero attached hydrogens (tertiary/aromatic N) is 1. The van der Waals surface area contributed by atoms with Crippen LogP contribution in [0.5, 0.6) is 5.75 Å². The van der Waals surface area contributed by atoms with Crippen molar-refractivity contribution >= 4 is 12.0 Å². The third kappa shape index (κ3) is 2.74. The molecule has 0 aliphatic heterocycles. The summed E-state index contributed by atoms with van der Waals surface area (Å²) in [5.41, 5.74) is 3.99. The van der Waals surface area contributed by atoms with Gasteiger partial charge < -0.3 is 14.4 Å². The highest BCUT2D eigenvalue weighted by molar-refractivity contribution is 5.85. The summed E-state index contributed by atoms with van der Waals surface area (Å²) in [5.74, 6) is -0.138. The van der Waals surface area contributed by atoms with Gasteiger partial charge in [-0.05, 0) is 55.8 Å². The first kappa shape index (κ1) is 13.9. The van der Waals surface area contributed by atoms with E-state index in [1.54, 1.807) is 13.2 Å². The zero-order chi connectivity index (χ0) is 14.7. The number of methoxy groups -OCH3 is 1. The maximum atomic E-state index is 10.6. The quantitative estimate of drug-likeness (QED) is 0.869. The van der Waals surface area contributed by atoms with Gasteiger partial charge in [-0.1, -0.05) is 0 Å². The molecule has 0 fully saturated rings. The molecule has 0 aliphatic rings. The molecule has 0 saturated carbocycles. The third-order valence-corrected chi connectivity index (χ3v) is 3.21. The molecule has 0 radical (unpaired) electrons. The maximum absolute atomic E-state index is 10.6. The molecule has 1 heterocycles. The number of benzene rings is 1. The first-order valence-corrected chi connectivity index (χ1v) is 6.27. The van der Waals surface area contributed by atoms with Crippen molar-refractivity contribution < 1.29 is 14.6 Å². The van der Waals surface area contributed by atoms with Crippen LogP contribution < -0.4 is 4.74 Å². The highest BCUT2D eigenvalue weighted by atomic mass is 16.5. The topological polar surface area (TPSA) is 51.5 Å². The Bertz CT molecular complexity index is 651. The van der Waals surface area contributed by atoms with E-state index >= 15 is 0 Å². The molecule has 4 heteroatoms. The lowest BCUT2D eigenvalue weighted by molar-refractivity contribution is -0.131. The lowest BCUT2D eigenvalue weighted by Crippen LogP contribution is -1.99. The fraction of sp³-hybridized carbons (Fsp3) is 0.188. The number of carboxylic acid groups (broad SMARTS) is 1. The molecule has 1 aromatic heterocycles. The second-order valence-electron chi connectivity index (χ2n) is 4.53. The minimum absolute atomic E-state index is 0.808. The lowest BCUT2D eigenvalue weighted by Gasteiger charge is -2.10. The molecular weight excluding hydrogens is 254 g/mol. The summed E-state index contributed by atoms with van der Waals surface area (Å²) in [4.78, 5) is 10.6. The summed E-state index contributed by atoms with van der Waals surface area (Å²) in [6, 6.07) is 9.73. The van der Waals surface area contributed by atoms with E-state index in [2.05, 4.69) is 4.57 Å². The molecule has 0 spiro atoms. The molecule has 0 bridgehead atoms. The molecule has 0 saturated heterocycles. The number of aromatic nitrogens is 1. The van der Waals surface area contributed by atoms with E-state index < -0.39 is 5.97 Å². The summed E-state index contributed by atoms with van der Waals surface area (Å²) in [6.07, 6.45) is 2.77. The van der Waals surface area contributed by atoms with Crippen molar-refractivity contribution in [3.8, 4) is 11.4 Å². The zero-order valence-corrected chi connectivity index (χ0v) is 11.8. The molecular formula is C16H17NO3. The van der Waals surface area contributed by atoms with E-state index in [9.17, 15) is 4.79 Å². The van der Waals surface area contributed by atoms with Gasteiger partial charge in [-0.3, -0.25) is 0 Å². The molecule has 2 aromatic rings. The SMILES string of the molecule is COc1ccc(-n2c(C)cc(C=CC(=O)O)c2C)cc1. The monoisotopic (exact) mass is 271 g/mol. The van der Waals surface area contributed by atoms with Gasteiger partial charge in [-0.2, -0.15) is 0 Å². The van der Waals surface area contributed by atoms with Crippen LogP contribution in [0.15, 0.2) is 36.4 Å². The minimum atomic E-state index is -0.945. The van der Waals surface area contributed by atoms with Gasteiger partial charge in [0.25, 0.3) is 0 Å². The van der Waals surface area contributed by atoms with Crippen molar-refractivity contribution in [1.82, 2.24) is 4.57 Å². The summed E-state index contributed by atoms with van der Waals surface area (Å²) in [5, 5.41) is 8.71.